The number of carbonyl (C=O) groups is 2. The monoisotopic (exact) mass is 381 g/mol. The summed E-state index contributed by atoms with van der Waals surface area (Å²) in [6.45, 7) is 1.89. The minimum absolute atomic E-state index is 0.187. The standard InChI is InChI=1S/C19H18N4O3S/c1-12-6-3-4-9-15(12)18(26)20-14-8-5-7-13(10-14)17-21-22-19(23(17)2)27-11-16(24)25/h3-10H,11H2,1-2H3,(H,20,26)(H,24,25)/p-1. The Morgan fingerprint density at radius 2 is 1.93 bits per heavy atom. The number of hydrogen-bond donors (Lipinski definition) is 1. The highest BCUT2D eigenvalue weighted by molar-refractivity contribution is 7.99. The lowest BCUT2D eigenvalue weighted by molar-refractivity contribution is -0.301. The number of aromatic nitrogens is 3. The molecule has 27 heavy (non-hydrogen) atoms. The van der Waals surface area contributed by atoms with Crippen LogP contribution in [0.15, 0.2) is 53.7 Å². The fourth-order valence-electron chi connectivity index (χ4n) is 2.58. The lowest BCUT2D eigenvalue weighted by atomic mass is 10.1. The van der Waals surface area contributed by atoms with Crippen LogP contribution in [0.2, 0.25) is 0 Å². The molecule has 3 aromatic rings. The Labute approximate surface area is 160 Å². The number of anilines is 1. The molecule has 7 nitrogen and oxygen atoms in total. The van der Waals surface area contributed by atoms with E-state index in [9.17, 15) is 14.7 Å². The first-order chi connectivity index (χ1) is 13.0. The van der Waals surface area contributed by atoms with E-state index >= 15 is 0 Å². The number of carboxylic acid groups (broad SMARTS) is 1. The van der Waals surface area contributed by atoms with Gasteiger partial charge in [0.2, 0.25) is 0 Å². The summed E-state index contributed by atoms with van der Waals surface area (Å²) in [5.74, 6) is -0.972. The smallest absolute Gasteiger partial charge is 0.255 e. The minimum atomic E-state index is -1.16. The Balaban J connectivity index is 1.81. The van der Waals surface area contributed by atoms with Crippen LogP contribution < -0.4 is 10.4 Å². The van der Waals surface area contributed by atoms with Gasteiger partial charge in [-0.2, -0.15) is 0 Å². The molecule has 138 valence electrons. The van der Waals surface area contributed by atoms with Gasteiger partial charge in [0.1, 0.15) is 0 Å². The predicted molar refractivity (Wildman–Crippen MR) is 101 cm³/mol. The molecule has 0 spiro atoms. The lowest BCUT2D eigenvalue weighted by Gasteiger charge is -2.09. The van der Waals surface area contributed by atoms with E-state index in [1.165, 1.54) is 0 Å². The van der Waals surface area contributed by atoms with E-state index in [1.807, 2.05) is 37.3 Å². The van der Waals surface area contributed by atoms with Crippen molar-refractivity contribution >= 4 is 29.3 Å². The quantitative estimate of drug-likeness (QED) is 0.655. The molecular formula is C19H17N4O3S-. The van der Waals surface area contributed by atoms with E-state index in [4.69, 9.17) is 0 Å². The summed E-state index contributed by atoms with van der Waals surface area (Å²) in [6.07, 6.45) is 0. The van der Waals surface area contributed by atoms with Crippen LogP contribution in [0.4, 0.5) is 5.69 Å². The summed E-state index contributed by atoms with van der Waals surface area (Å²) >= 11 is 1.04. The summed E-state index contributed by atoms with van der Waals surface area (Å²) in [4.78, 5) is 23.1. The maximum atomic E-state index is 12.5. The van der Waals surface area contributed by atoms with Gasteiger partial charge in [-0.25, -0.2) is 0 Å². The Hall–Kier alpha value is -3.13. The molecule has 1 N–H and O–H groups in total. The molecule has 0 aliphatic carbocycles. The number of nitrogens with one attached hydrogen (secondary N) is 1. The molecule has 1 heterocycles. The maximum Gasteiger partial charge on any atom is 0.255 e. The third-order valence-corrected chi connectivity index (χ3v) is 4.92. The number of benzene rings is 2. The number of hydrogen-bond acceptors (Lipinski definition) is 6. The first-order valence-electron chi connectivity index (χ1n) is 8.15. The average molecular weight is 381 g/mol. The molecule has 0 unspecified atom stereocenters. The normalized spacial score (nSPS) is 10.6. The van der Waals surface area contributed by atoms with Crippen molar-refractivity contribution < 1.29 is 14.7 Å². The molecule has 0 saturated heterocycles. The van der Waals surface area contributed by atoms with E-state index < -0.39 is 5.97 Å². The first kappa shape index (κ1) is 18.7. The van der Waals surface area contributed by atoms with Crippen molar-refractivity contribution in [3.63, 3.8) is 0 Å². The second-order valence-corrected chi connectivity index (χ2v) is 6.82. The van der Waals surface area contributed by atoms with E-state index in [0.717, 1.165) is 22.9 Å². The van der Waals surface area contributed by atoms with Gasteiger partial charge in [-0.3, -0.25) is 4.79 Å². The van der Waals surface area contributed by atoms with Crippen molar-refractivity contribution in [3.05, 3.63) is 59.7 Å². The number of carbonyl (C=O) groups excluding carboxylic acids is 2. The summed E-state index contributed by atoms with van der Waals surface area (Å²) in [5, 5.41) is 22.1. The number of aryl methyl sites for hydroxylation is 1. The Bertz CT molecular complexity index is 1000. The molecule has 3 rings (SSSR count). The Morgan fingerprint density at radius 1 is 1.15 bits per heavy atom. The van der Waals surface area contributed by atoms with Crippen molar-refractivity contribution in [2.75, 3.05) is 11.1 Å². The predicted octanol–water partition coefficient (Wildman–Crippen LogP) is 1.88. The van der Waals surface area contributed by atoms with E-state index in [1.54, 1.807) is 29.8 Å². The molecule has 0 bridgehead atoms. The number of amides is 1. The number of thioether (sulfide) groups is 1. The van der Waals surface area contributed by atoms with E-state index in [0.29, 0.717) is 22.2 Å². The van der Waals surface area contributed by atoms with Gasteiger partial charge in [0.05, 0.1) is 5.97 Å². The second-order valence-electron chi connectivity index (χ2n) is 5.88. The number of rotatable bonds is 6. The van der Waals surface area contributed by atoms with Crippen LogP contribution >= 0.6 is 11.8 Å². The highest BCUT2D eigenvalue weighted by Gasteiger charge is 2.13. The van der Waals surface area contributed by atoms with Crippen LogP contribution in [-0.4, -0.2) is 32.4 Å². The zero-order chi connectivity index (χ0) is 19.4. The summed E-state index contributed by atoms with van der Waals surface area (Å²) < 4.78 is 1.70. The molecule has 0 fully saturated rings. The van der Waals surface area contributed by atoms with Crippen molar-refractivity contribution in [2.45, 2.75) is 12.1 Å². The van der Waals surface area contributed by atoms with Crippen LogP contribution in [0.25, 0.3) is 11.4 Å². The Morgan fingerprint density at radius 3 is 2.67 bits per heavy atom. The van der Waals surface area contributed by atoms with Crippen LogP contribution in [0.1, 0.15) is 15.9 Å². The SMILES string of the molecule is Cc1ccccc1C(=O)Nc1cccc(-c2nnc(SCC(=O)[O-])n2C)c1. The molecule has 2 aromatic carbocycles. The van der Waals surface area contributed by atoms with Crippen LogP contribution in [0.5, 0.6) is 0 Å². The molecule has 0 saturated carbocycles. The topological polar surface area (TPSA) is 99.9 Å². The number of aliphatic carboxylic acids is 1. The molecule has 1 aromatic heterocycles. The van der Waals surface area contributed by atoms with Gasteiger partial charge in [0, 0.05) is 29.6 Å². The van der Waals surface area contributed by atoms with Crippen LogP contribution in [0.3, 0.4) is 0 Å². The first-order valence-corrected chi connectivity index (χ1v) is 9.13. The van der Waals surface area contributed by atoms with Crippen molar-refractivity contribution in [1.82, 2.24) is 14.8 Å². The molecule has 0 aliphatic heterocycles. The molecule has 1 amide bonds. The van der Waals surface area contributed by atoms with E-state index in [2.05, 4.69) is 15.5 Å². The lowest BCUT2D eigenvalue weighted by Crippen LogP contribution is -2.24. The summed E-state index contributed by atoms with van der Waals surface area (Å²) in [7, 11) is 1.76. The molecule has 0 aliphatic rings. The van der Waals surface area contributed by atoms with Gasteiger partial charge >= 0.3 is 0 Å². The van der Waals surface area contributed by atoms with Gasteiger partial charge in [0.25, 0.3) is 5.91 Å². The molecule has 0 atom stereocenters. The summed E-state index contributed by atoms with van der Waals surface area (Å²) in [5.41, 5.74) is 2.90. The van der Waals surface area contributed by atoms with Gasteiger partial charge in [-0.1, -0.05) is 42.1 Å². The molecular weight excluding hydrogens is 364 g/mol. The zero-order valence-corrected chi connectivity index (χ0v) is 15.6. The second kappa shape index (κ2) is 8.05. The van der Waals surface area contributed by atoms with Gasteiger partial charge in [-0.05, 0) is 30.7 Å². The van der Waals surface area contributed by atoms with Crippen LogP contribution in [0, 0.1) is 6.92 Å². The molecule has 8 heteroatoms. The third-order valence-electron chi connectivity index (χ3n) is 3.92. The number of nitrogens with zero attached hydrogens (tertiary/aromatic N) is 3. The largest absolute Gasteiger partial charge is 0.549 e. The highest BCUT2D eigenvalue weighted by atomic mass is 32.2. The van der Waals surface area contributed by atoms with E-state index in [-0.39, 0.29) is 11.7 Å². The van der Waals surface area contributed by atoms with Gasteiger partial charge < -0.3 is 19.8 Å². The summed E-state index contributed by atoms with van der Waals surface area (Å²) in [6, 6.07) is 14.6. The maximum absolute atomic E-state index is 12.5. The average Bonchev–Trinajstić information content (AvgIpc) is 3.01. The van der Waals surface area contributed by atoms with Crippen LogP contribution in [-0.2, 0) is 11.8 Å². The minimum Gasteiger partial charge on any atom is -0.549 e. The van der Waals surface area contributed by atoms with Crippen molar-refractivity contribution in [2.24, 2.45) is 7.05 Å². The van der Waals surface area contributed by atoms with Crippen molar-refractivity contribution in [3.8, 4) is 11.4 Å². The van der Waals surface area contributed by atoms with Gasteiger partial charge in [-0.15, -0.1) is 10.2 Å². The fraction of sp³-hybridized carbons (Fsp3) is 0.158. The zero-order valence-electron chi connectivity index (χ0n) is 14.8. The van der Waals surface area contributed by atoms with Gasteiger partial charge in [0.15, 0.2) is 11.0 Å². The third kappa shape index (κ3) is 4.35. The Kier molecular flexibility index (Phi) is 5.56. The fourth-order valence-corrected chi connectivity index (χ4v) is 3.20. The number of carboxylic acids is 1. The molecule has 0 radical (unpaired) electrons. The highest BCUT2D eigenvalue weighted by Crippen LogP contribution is 2.25. The van der Waals surface area contributed by atoms with Crippen molar-refractivity contribution in [1.29, 1.82) is 0 Å².